The zero-order valence-electron chi connectivity index (χ0n) is 16.3. The van der Waals surface area contributed by atoms with Crippen LogP contribution in [0.4, 0.5) is 5.69 Å². The lowest BCUT2D eigenvalue weighted by Gasteiger charge is -2.34. The maximum atomic E-state index is 13.0. The number of carbonyl (C=O) groups is 1. The van der Waals surface area contributed by atoms with E-state index in [-0.39, 0.29) is 47.0 Å². The van der Waals surface area contributed by atoms with Crippen LogP contribution in [0.25, 0.3) is 0 Å². The second kappa shape index (κ2) is 8.70. The van der Waals surface area contributed by atoms with Gasteiger partial charge in [-0.15, -0.1) is 0 Å². The van der Waals surface area contributed by atoms with E-state index in [1.807, 2.05) is 12.1 Å². The van der Waals surface area contributed by atoms with Crippen LogP contribution in [-0.2, 0) is 10.0 Å². The van der Waals surface area contributed by atoms with Gasteiger partial charge < -0.3 is 9.80 Å². The van der Waals surface area contributed by atoms with Crippen LogP contribution in [0.2, 0.25) is 10.0 Å². The fourth-order valence-electron chi connectivity index (χ4n) is 3.86. The van der Waals surface area contributed by atoms with Gasteiger partial charge in [-0.05, 0) is 37.1 Å². The molecule has 1 aromatic carbocycles. The van der Waals surface area contributed by atoms with Gasteiger partial charge in [0.05, 0.1) is 10.0 Å². The molecule has 0 N–H and O–H groups in total. The van der Waals surface area contributed by atoms with Crippen molar-refractivity contribution in [3.8, 4) is 0 Å². The first-order valence-electron chi connectivity index (χ1n) is 9.82. The third-order valence-corrected chi connectivity index (χ3v) is 8.33. The Morgan fingerprint density at radius 2 is 1.57 bits per heavy atom. The van der Waals surface area contributed by atoms with Crippen LogP contribution in [-0.4, -0.2) is 67.8 Å². The number of benzene rings is 1. The molecule has 2 fully saturated rings. The van der Waals surface area contributed by atoms with Crippen LogP contribution in [0, 0.1) is 0 Å². The van der Waals surface area contributed by atoms with Crippen LogP contribution in [0.1, 0.15) is 23.3 Å². The summed E-state index contributed by atoms with van der Waals surface area (Å²) in [6, 6.07) is 8.34. The molecule has 0 aliphatic carbocycles. The fourth-order valence-corrected chi connectivity index (χ4v) is 6.37. The van der Waals surface area contributed by atoms with Gasteiger partial charge in [-0.1, -0.05) is 29.3 Å². The molecule has 2 aliphatic heterocycles. The van der Waals surface area contributed by atoms with Crippen LogP contribution in [0.15, 0.2) is 41.4 Å². The minimum Gasteiger partial charge on any atom is -0.371 e. The highest BCUT2D eigenvalue weighted by atomic mass is 35.5. The van der Waals surface area contributed by atoms with Gasteiger partial charge >= 0.3 is 0 Å². The summed E-state index contributed by atoms with van der Waals surface area (Å²) in [5.74, 6) is -0.191. The van der Waals surface area contributed by atoms with Crippen LogP contribution in [0.5, 0.6) is 0 Å². The van der Waals surface area contributed by atoms with Gasteiger partial charge in [0.15, 0.2) is 0 Å². The summed E-state index contributed by atoms with van der Waals surface area (Å²) in [5.41, 5.74) is 1.38. The fraction of sp³-hybridized carbons (Fsp3) is 0.400. The Kier molecular flexibility index (Phi) is 6.20. The van der Waals surface area contributed by atoms with E-state index in [4.69, 9.17) is 23.2 Å². The van der Waals surface area contributed by atoms with E-state index < -0.39 is 10.0 Å². The number of hydrogen-bond donors (Lipinski definition) is 0. The molecule has 3 heterocycles. The number of piperazine rings is 1. The average Bonchev–Trinajstić information content (AvgIpc) is 3.28. The SMILES string of the molecule is O=C(c1cc(N2CCCC2)ccn1)N1CCN(S(=O)(=O)c2c(Cl)cccc2Cl)CC1. The maximum absolute atomic E-state index is 13.0. The molecule has 0 atom stereocenters. The van der Waals surface area contributed by atoms with E-state index in [2.05, 4.69) is 9.88 Å². The minimum atomic E-state index is -3.85. The van der Waals surface area contributed by atoms with Gasteiger partial charge in [0.25, 0.3) is 5.91 Å². The monoisotopic (exact) mass is 468 g/mol. The van der Waals surface area contributed by atoms with E-state index in [0.29, 0.717) is 5.69 Å². The zero-order chi connectivity index (χ0) is 21.3. The van der Waals surface area contributed by atoms with Crippen LogP contribution in [0.3, 0.4) is 0 Å². The highest BCUT2D eigenvalue weighted by Crippen LogP contribution is 2.32. The van der Waals surface area contributed by atoms with Crippen LogP contribution < -0.4 is 4.90 Å². The topological polar surface area (TPSA) is 73.8 Å². The molecule has 0 spiro atoms. The van der Waals surface area contributed by atoms with Crippen molar-refractivity contribution in [1.82, 2.24) is 14.2 Å². The van der Waals surface area contributed by atoms with Crippen molar-refractivity contribution < 1.29 is 13.2 Å². The number of sulfonamides is 1. The standard InChI is InChI=1S/C20H22Cl2N4O3S/c21-16-4-3-5-17(22)19(16)30(28,29)26-12-10-25(11-13-26)20(27)18-14-15(6-7-23-18)24-8-1-2-9-24/h3-7,14H,1-2,8-13H2. The normalized spacial score (nSPS) is 18.1. The molecule has 2 aliphatic rings. The number of pyridine rings is 1. The number of hydrogen-bond acceptors (Lipinski definition) is 5. The number of rotatable bonds is 4. The number of carbonyl (C=O) groups excluding carboxylic acids is 1. The van der Waals surface area contributed by atoms with Crippen molar-refractivity contribution in [2.45, 2.75) is 17.7 Å². The first kappa shape index (κ1) is 21.4. The van der Waals surface area contributed by atoms with Crippen molar-refractivity contribution in [3.05, 3.63) is 52.3 Å². The van der Waals surface area contributed by atoms with E-state index in [9.17, 15) is 13.2 Å². The first-order valence-corrected chi connectivity index (χ1v) is 12.0. The summed E-state index contributed by atoms with van der Waals surface area (Å²) in [7, 11) is -3.85. The third-order valence-electron chi connectivity index (χ3n) is 5.48. The molecule has 30 heavy (non-hydrogen) atoms. The van der Waals surface area contributed by atoms with Gasteiger partial charge in [0, 0.05) is 51.2 Å². The van der Waals surface area contributed by atoms with Crippen molar-refractivity contribution in [1.29, 1.82) is 0 Å². The summed E-state index contributed by atoms with van der Waals surface area (Å²) in [6.45, 7) is 2.85. The van der Waals surface area contributed by atoms with Gasteiger partial charge in [0.1, 0.15) is 10.6 Å². The lowest BCUT2D eigenvalue weighted by atomic mass is 10.2. The summed E-state index contributed by atoms with van der Waals surface area (Å²) in [4.78, 5) is 21.0. The molecule has 7 nitrogen and oxygen atoms in total. The van der Waals surface area contributed by atoms with Gasteiger partial charge in [-0.3, -0.25) is 9.78 Å². The van der Waals surface area contributed by atoms with Crippen molar-refractivity contribution >= 4 is 44.8 Å². The Labute approximate surface area is 186 Å². The van der Waals surface area contributed by atoms with Crippen molar-refractivity contribution in [2.75, 3.05) is 44.2 Å². The quantitative estimate of drug-likeness (QED) is 0.688. The predicted octanol–water partition coefficient (Wildman–Crippen LogP) is 3.14. The zero-order valence-corrected chi connectivity index (χ0v) is 18.6. The molecule has 4 rings (SSSR count). The first-order chi connectivity index (χ1) is 14.4. The number of amides is 1. The number of halogens is 2. The second-order valence-electron chi connectivity index (χ2n) is 7.34. The molecule has 1 amide bonds. The molecular formula is C20H22Cl2N4O3S. The summed E-state index contributed by atoms with van der Waals surface area (Å²) < 4.78 is 27.3. The molecule has 160 valence electrons. The molecule has 0 radical (unpaired) electrons. The van der Waals surface area contributed by atoms with Gasteiger partial charge in [-0.25, -0.2) is 8.42 Å². The van der Waals surface area contributed by atoms with E-state index >= 15 is 0 Å². The average molecular weight is 469 g/mol. The Balaban J connectivity index is 1.46. The van der Waals surface area contributed by atoms with Gasteiger partial charge in [0.2, 0.25) is 10.0 Å². The van der Waals surface area contributed by atoms with E-state index in [0.717, 1.165) is 31.6 Å². The molecule has 2 saturated heterocycles. The summed E-state index contributed by atoms with van der Waals surface area (Å²) in [6.07, 6.45) is 3.95. The summed E-state index contributed by atoms with van der Waals surface area (Å²) >= 11 is 12.2. The van der Waals surface area contributed by atoms with Crippen molar-refractivity contribution in [2.24, 2.45) is 0 Å². The molecule has 2 aromatic rings. The Morgan fingerprint density at radius 1 is 0.933 bits per heavy atom. The molecule has 1 aromatic heterocycles. The molecular weight excluding hydrogens is 447 g/mol. The molecule has 0 unspecified atom stereocenters. The van der Waals surface area contributed by atoms with E-state index in [1.54, 1.807) is 17.2 Å². The smallest absolute Gasteiger partial charge is 0.272 e. The highest BCUT2D eigenvalue weighted by molar-refractivity contribution is 7.89. The lowest BCUT2D eigenvalue weighted by Crippen LogP contribution is -2.50. The Morgan fingerprint density at radius 3 is 2.20 bits per heavy atom. The number of anilines is 1. The number of nitrogens with zero attached hydrogens (tertiary/aromatic N) is 4. The Bertz CT molecular complexity index is 1030. The maximum Gasteiger partial charge on any atom is 0.272 e. The highest BCUT2D eigenvalue weighted by Gasteiger charge is 2.33. The summed E-state index contributed by atoms with van der Waals surface area (Å²) in [5, 5.41) is 0.174. The minimum absolute atomic E-state index is 0.0870. The predicted molar refractivity (Wildman–Crippen MR) is 117 cm³/mol. The lowest BCUT2D eigenvalue weighted by molar-refractivity contribution is 0.0692. The van der Waals surface area contributed by atoms with Crippen LogP contribution >= 0.6 is 23.2 Å². The largest absolute Gasteiger partial charge is 0.371 e. The molecule has 0 bridgehead atoms. The molecule has 10 heteroatoms. The number of aromatic nitrogens is 1. The Hall–Kier alpha value is -1.87. The third kappa shape index (κ3) is 4.14. The second-order valence-corrected chi connectivity index (χ2v) is 10.0. The van der Waals surface area contributed by atoms with E-state index in [1.165, 1.54) is 16.4 Å². The van der Waals surface area contributed by atoms with Crippen molar-refractivity contribution in [3.63, 3.8) is 0 Å². The van der Waals surface area contributed by atoms with Gasteiger partial charge in [-0.2, -0.15) is 4.31 Å². The molecule has 0 saturated carbocycles.